The van der Waals surface area contributed by atoms with Crippen LogP contribution in [0.2, 0.25) is 0 Å². The van der Waals surface area contributed by atoms with Gasteiger partial charge in [0.25, 0.3) is 0 Å². The smallest absolute Gasteiger partial charge is 0.243 e. The van der Waals surface area contributed by atoms with Crippen LogP contribution in [0.15, 0.2) is 27.7 Å². The van der Waals surface area contributed by atoms with Gasteiger partial charge in [-0.15, -0.1) is 0 Å². The summed E-state index contributed by atoms with van der Waals surface area (Å²) in [5.74, 6) is 1.43. The Morgan fingerprint density at radius 3 is 2.74 bits per heavy atom. The summed E-state index contributed by atoms with van der Waals surface area (Å²) in [6.07, 6.45) is 3.69. The van der Waals surface area contributed by atoms with Gasteiger partial charge in [0.2, 0.25) is 5.91 Å². The number of amides is 1. The third-order valence-corrected chi connectivity index (χ3v) is 5.43. The number of guanidine groups is 1. The minimum atomic E-state index is -0.0958. The molecule has 0 aliphatic carbocycles. The second-order valence-electron chi connectivity index (χ2n) is 7.24. The van der Waals surface area contributed by atoms with Crippen molar-refractivity contribution in [2.45, 2.75) is 33.1 Å². The number of anilines is 1. The van der Waals surface area contributed by atoms with E-state index in [0.29, 0.717) is 5.96 Å². The number of hydrogen-bond acceptors (Lipinski definition) is 3. The lowest BCUT2D eigenvalue weighted by Crippen LogP contribution is -2.42. The molecule has 7 heteroatoms. The van der Waals surface area contributed by atoms with Crippen LogP contribution in [0.5, 0.6) is 0 Å². The van der Waals surface area contributed by atoms with Gasteiger partial charge in [-0.2, -0.15) is 0 Å². The molecule has 6 nitrogen and oxygen atoms in total. The maximum absolute atomic E-state index is 12.2. The Labute approximate surface area is 171 Å². The molecule has 1 aliphatic rings. The number of nitrogens with one attached hydrogen (secondary N) is 3. The summed E-state index contributed by atoms with van der Waals surface area (Å²) in [7, 11) is 1.72. The average Bonchev–Trinajstić information content (AvgIpc) is 2.65. The van der Waals surface area contributed by atoms with E-state index in [4.69, 9.17) is 0 Å². The quantitative estimate of drug-likeness (QED) is 0.348. The van der Waals surface area contributed by atoms with Crippen molar-refractivity contribution in [1.82, 2.24) is 15.5 Å². The van der Waals surface area contributed by atoms with Gasteiger partial charge in [-0.3, -0.25) is 9.79 Å². The minimum absolute atomic E-state index is 0.0958. The lowest BCUT2D eigenvalue weighted by Gasteiger charge is -2.30. The molecule has 150 valence electrons. The molecule has 1 amide bonds. The van der Waals surface area contributed by atoms with Crippen LogP contribution in [0, 0.1) is 12.8 Å². The minimum Gasteiger partial charge on any atom is -0.356 e. The van der Waals surface area contributed by atoms with E-state index in [1.807, 2.05) is 25.1 Å². The predicted octanol–water partition coefficient (Wildman–Crippen LogP) is 2.98. The molecule has 0 unspecified atom stereocenters. The predicted molar refractivity (Wildman–Crippen MR) is 116 cm³/mol. The molecule has 0 spiro atoms. The zero-order chi connectivity index (χ0) is 19.6. The Morgan fingerprint density at radius 2 is 2.04 bits per heavy atom. The Kier molecular flexibility index (Phi) is 9.07. The molecule has 1 aromatic rings. The summed E-state index contributed by atoms with van der Waals surface area (Å²) in [5, 5.41) is 9.27. The van der Waals surface area contributed by atoms with Crippen molar-refractivity contribution in [1.29, 1.82) is 0 Å². The number of aryl methyl sites for hydroxylation is 1. The summed E-state index contributed by atoms with van der Waals surface area (Å²) < 4.78 is 0.942. The molecular weight excluding hydrogens is 406 g/mol. The molecular formula is C20H32BrN5O. The van der Waals surface area contributed by atoms with Crippen molar-refractivity contribution in [3.63, 3.8) is 0 Å². The number of carbonyl (C=O) groups excluding carboxylic acids is 1. The Balaban J connectivity index is 1.64. The number of aliphatic imine (C=N–C) groups is 1. The van der Waals surface area contributed by atoms with Gasteiger partial charge in [0.15, 0.2) is 5.96 Å². The molecule has 1 fully saturated rings. The number of carbonyl (C=O) groups is 1. The van der Waals surface area contributed by atoms with Crippen molar-refractivity contribution >= 4 is 33.5 Å². The summed E-state index contributed by atoms with van der Waals surface area (Å²) in [6, 6.07) is 5.83. The standard InChI is InChI=1S/C20H32BrN5O/c1-15-7-11-26(12-8-15)10-4-9-23-20(22-3)24-14-19(27)25-18-13-17(21)6-5-16(18)2/h5-6,13,15H,4,7-12,14H2,1-3H3,(H,25,27)(H2,22,23,24). The van der Waals surface area contributed by atoms with Crippen LogP contribution in [0.25, 0.3) is 0 Å². The topological polar surface area (TPSA) is 68.8 Å². The van der Waals surface area contributed by atoms with Crippen molar-refractivity contribution < 1.29 is 4.79 Å². The third kappa shape index (κ3) is 7.89. The van der Waals surface area contributed by atoms with E-state index in [2.05, 4.69) is 48.7 Å². The lowest BCUT2D eigenvalue weighted by molar-refractivity contribution is -0.115. The van der Waals surface area contributed by atoms with Gasteiger partial charge in [0.1, 0.15) is 0 Å². The largest absolute Gasteiger partial charge is 0.356 e. The van der Waals surface area contributed by atoms with E-state index in [0.717, 1.165) is 41.2 Å². The molecule has 0 saturated carbocycles. The number of halogens is 1. The van der Waals surface area contributed by atoms with Crippen molar-refractivity contribution in [3.05, 3.63) is 28.2 Å². The number of nitrogens with zero attached hydrogens (tertiary/aromatic N) is 2. The van der Waals surface area contributed by atoms with E-state index < -0.39 is 0 Å². The van der Waals surface area contributed by atoms with Gasteiger partial charge in [0, 0.05) is 23.8 Å². The van der Waals surface area contributed by atoms with Crippen LogP contribution in [-0.2, 0) is 4.79 Å². The molecule has 0 bridgehead atoms. The first-order valence-corrected chi connectivity index (χ1v) is 10.5. The number of piperidine rings is 1. The van der Waals surface area contributed by atoms with Gasteiger partial charge in [-0.25, -0.2) is 0 Å². The first-order chi connectivity index (χ1) is 13.0. The number of rotatable bonds is 7. The fourth-order valence-corrected chi connectivity index (χ4v) is 3.46. The summed E-state index contributed by atoms with van der Waals surface area (Å²) >= 11 is 3.43. The first-order valence-electron chi connectivity index (χ1n) is 9.71. The summed E-state index contributed by atoms with van der Waals surface area (Å²) in [6.45, 7) is 8.86. The second kappa shape index (κ2) is 11.3. The normalized spacial score (nSPS) is 16.2. The highest BCUT2D eigenvalue weighted by atomic mass is 79.9. The van der Waals surface area contributed by atoms with Gasteiger partial charge < -0.3 is 20.9 Å². The summed E-state index contributed by atoms with van der Waals surface area (Å²) in [5.41, 5.74) is 1.84. The van der Waals surface area contributed by atoms with Crippen molar-refractivity contribution in [3.8, 4) is 0 Å². The molecule has 0 atom stereocenters. The van der Waals surface area contributed by atoms with Gasteiger partial charge in [-0.05, 0) is 69.4 Å². The van der Waals surface area contributed by atoms with Crippen molar-refractivity contribution in [2.24, 2.45) is 10.9 Å². The van der Waals surface area contributed by atoms with Crippen LogP contribution in [0.1, 0.15) is 31.7 Å². The van der Waals surface area contributed by atoms with Crippen LogP contribution in [-0.4, -0.2) is 56.5 Å². The Morgan fingerprint density at radius 1 is 1.30 bits per heavy atom. The zero-order valence-corrected chi connectivity index (χ0v) is 18.2. The van der Waals surface area contributed by atoms with E-state index in [9.17, 15) is 4.79 Å². The van der Waals surface area contributed by atoms with E-state index >= 15 is 0 Å². The van der Waals surface area contributed by atoms with E-state index in [1.54, 1.807) is 7.05 Å². The number of likely N-dealkylation sites (tertiary alicyclic amines) is 1. The van der Waals surface area contributed by atoms with Crippen LogP contribution >= 0.6 is 15.9 Å². The molecule has 3 N–H and O–H groups in total. The SMILES string of the molecule is CN=C(NCCCN1CCC(C)CC1)NCC(=O)Nc1cc(Br)ccc1C. The van der Waals surface area contributed by atoms with Crippen LogP contribution in [0.4, 0.5) is 5.69 Å². The second-order valence-corrected chi connectivity index (χ2v) is 8.15. The maximum Gasteiger partial charge on any atom is 0.243 e. The zero-order valence-electron chi connectivity index (χ0n) is 16.6. The number of hydrogen-bond donors (Lipinski definition) is 3. The molecule has 27 heavy (non-hydrogen) atoms. The highest BCUT2D eigenvalue weighted by Crippen LogP contribution is 2.20. The monoisotopic (exact) mass is 437 g/mol. The highest BCUT2D eigenvalue weighted by Gasteiger charge is 2.14. The fraction of sp³-hybridized carbons (Fsp3) is 0.600. The van der Waals surface area contributed by atoms with Gasteiger partial charge >= 0.3 is 0 Å². The Hall–Kier alpha value is -1.60. The molecule has 1 aliphatic heterocycles. The lowest BCUT2D eigenvalue weighted by atomic mass is 9.99. The molecule has 2 rings (SSSR count). The summed E-state index contributed by atoms with van der Waals surface area (Å²) in [4.78, 5) is 18.9. The molecule has 0 aromatic heterocycles. The first kappa shape index (κ1) is 21.7. The van der Waals surface area contributed by atoms with Crippen LogP contribution < -0.4 is 16.0 Å². The molecule has 0 radical (unpaired) electrons. The Bertz CT molecular complexity index is 641. The van der Waals surface area contributed by atoms with Gasteiger partial charge in [-0.1, -0.05) is 28.9 Å². The molecule has 1 heterocycles. The highest BCUT2D eigenvalue weighted by molar-refractivity contribution is 9.10. The average molecular weight is 438 g/mol. The van der Waals surface area contributed by atoms with E-state index in [-0.39, 0.29) is 12.5 Å². The van der Waals surface area contributed by atoms with Gasteiger partial charge in [0.05, 0.1) is 6.54 Å². The van der Waals surface area contributed by atoms with Crippen LogP contribution in [0.3, 0.4) is 0 Å². The molecule has 1 saturated heterocycles. The third-order valence-electron chi connectivity index (χ3n) is 4.93. The molecule has 1 aromatic carbocycles. The van der Waals surface area contributed by atoms with E-state index in [1.165, 1.54) is 25.9 Å². The maximum atomic E-state index is 12.2. The fourth-order valence-electron chi connectivity index (χ4n) is 3.10. The number of benzene rings is 1. The van der Waals surface area contributed by atoms with Crippen molar-refractivity contribution in [2.75, 3.05) is 45.1 Å².